The summed E-state index contributed by atoms with van der Waals surface area (Å²) < 4.78 is 27.8. The summed E-state index contributed by atoms with van der Waals surface area (Å²) in [5, 5.41) is 8.81. The van der Waals surface area contributed by atoms with Gasteiger partial charge in [0.05, 0.1) is 0 Å². The molecule has 4 aromatic rings. The summed E-state index contributed by atoms with van der Waals surface area (Å²) in [5.74, 6) is -1.24. The molecule has 0 heterocycles. The van der Waals surface area contributed by atoms with Gasteiger partial charge >= 0.3 is 0 Å². The molecular formula is C30H23F2N. The van der Waals surface area contributed by atoms with Crippen LogP contribution in [0.4, 0.5) is 8.78 Å². The summed E-state index contributed by atoms with van der Waals surface area (Å²) in [4.78, 5) is 0. The lowest BCUT2D eigenvalue weighted by atomic mass is 9.93. The van der Waals surface area contributed by atoms with Crippen molar-refractivity contribution in [1.82, 2.24) is 0 Å². The van der Waals surface area contributed by atoms with Crippen LogP contribution in [-0.2, 0) is 6.42 Å². The fraction of sp³-hybridized carbons (Fsp3) is 0.100. The molecule has 1 nitrogen and oxygen atoms in total. The van der Waals surface area contributed by atoms with Crippen molar-refractivity contribution in [1.29, 1.82) is 5.26 Å². The second kappa shape index (κ2) is 10.1. The Hall–Kier alpha value is -4.03. The Balaban J connectivity index is 1.42. The maximum atomic E-state index is 13.9. The molecule has 4 aromatic carbocycles. The zero-order chi connectivity index (χ0) is 23.2. The van der Waals surface area contributed by atoms with E-state index in [4.69, 9.17) is 5.26 Å². The fourth-order valence-corrected chi connectivity index (χ4v) is 3.84. The molecule has 4 rings (SSSR count). The first-order valence-corrected chi connectivity index (χ1v) is 10.8. The molecule has 0 bridgehead atoms. The molecule has 0 aliphatic carbocycles. The number of hydrogen-bond acceptors (Lipinski definition) is 1. The first-order chi connectivity index (χ1) is 16.0. The van der Waals surface area contributed by atoms with Crippen molar-refractivity contribution < 1.29 is 8.78 Å². The largest absolute Gasteiger partial charge is 0.205 e. The highest BCUT2D eigenvalue weighted by Crippen LogP contribution is 2.25. The van der Waals surface area contributed by atoms with E-state index < -0.39 is 17.2 Å². The van der Waals surface area contributed by atoms with Gasteiger partial charge in [0.1, 0.15) is 23.3 Å². The molecule has 162 valence electrons. The lowest BCUT2D eigenvalue weighted by Gasteiger charge is -2.12. The molecule has 0 spiro atoms. The Labute approximate surface area is 193 Å². The lowest BCUT2D eigenvalue weighted by Crippen LogP contribution is -1.98. The van der Waals surface area contributed by atoms with Crippen LogP contribution in [0.3, 0.4) is 0 Å². The van der Waals surface area contributed by atoms with Gasteiger partial charge in [0.25, 0.3) is 0 Å². The molecule has 33 heavy (non-hydrogen) atoms. The van der Waals surface area contributed by atoms with Gasteiger partial charge in [0.2, 0.25) is 0 Å². The molecule has 0 aliphatic rings. The summed E-state index contributed by atoms with van der Waals surface area (Å²) in [6.07, 6.45) is 5.04. The van der Waals surface area contributed by atoms with E-state index in [0.29, 0.717) is 17.0 Å². The highest BCUT2D eigenvalue weighted by atomic mass is 19.1. The second-order valence-electron chi connectivity index (χ2n) is 8.14. The van der Waals surface area contributed by atoms with E-state index in [9.17, 15) is 8.78 Å². The monoisotopic (exact) mass is 435 g/mol. The highest BCUT2D eigenvalue weighted by molar-refractivity contribution is 5.72. The number of benzene rings is 4. The van der Waals surface area contributed by atoms with Crippen molar-refractivity contribution in [3.8, 4) is 17.2 Å². The van der Waals surface area contributed by atoms with Crippen LogP contribution in [-0.4, -0.2) is 0 Å². The number of hydrogen-bond donors (Lipinski definition) is 0. The molecule has 0 unspecified atom stereocenters. The summed E-state index contributed by atoms with van der Waals surface area (Å²) >= 11 is 0. The average molecular weight is 436 g/mol. The van der Waals surface area contributed by atoms with Crippen molar-refractivity contribution in [2.24, 2.45) is 0 Å². The molecule has 3 heteroatoms. The molecule has 0 aliphatic heterocycles. The SMILES string of the molecule is C[C@@H](Cc1ccc(C=Cc2ccc(-c3cc(F)c(C#N)c(F)c3)cc2)cc1)c1ccccc1. The number of nitrogens with zero attached hydrogens (tertiary/aromatic N) is 1. The Kier molecular flexibility index (Phi) is 6.76. The predicted molar refractivity (Wildman–Crippen MR) is 130 cm³/mol. The summed E-state index contributed by atoms with van der Waals surface area (Å²) in [7, 11) is 0. The van der Waals surface area contributed by atoms with Gasteiger partial charge in [0, 0.05) is 0 Å². The van der Waals surface area contributed by atoms with Crippen LogP contribution in [0.25, 0.3) is 23.3 Å². The van der Waals surface area contributed by atoms with E-state index in [1.165, 1.54) is 23.3 Å². The standard InChI is InChI=1S/C30H23F2N/c1-21(25-5-3-2-4-6-25)17-24-11-9-22(10-12-24)7-8-23-13-15-26(16-14-23)27-18-29(31)28(20-33)30(32)19-27/h2-16,18-19,21H,17H2,1H3/t21-/m0/s1. The van der Waals surface area contributed by atoms with Gasteiger partial charge in [-0.15, -0.1) is 0 Å². The summed E-state index contributed by atoms with van der Waals surface area (Å²) in [5.41, 5.74) is 5.26. The molecule has 0 saturated heterocycles. The van der Waals surface area contributed by atoms with Gasteiger partial charge in [-0.1, -0.05) is 97.9 Å². The summed E-state index contributed by atoms with van der Waals surface area (Å²) in [6.45, 7) is 2.24. The summed E-state index contributed by atoms with van der Waals surface area (Å²) in [6, 6.07) is 30.4. The van der Waals surface area contributed by atoms with Gasteiger partial charge in [-0.3, -0.25) is 0 Å². The third-order valence-corrected chi connectivity index (χ3v) is 5.76. The molecule has 0 amide bonds. The van der Waals surface area contributed by atoms with E-state index in [1.807, 2.05) is 42.5 Å². The van der Waals surface area contributed by atoms with Crippen LogP contribution in [0.15, 0.2) is 91.0 Å². The van der Waals surface area contributed by atoms with E-state index >= 15 is 0 Å². The minimum absolute atomic E-state index is 0.403. The third kappa shape index (κ3) is 5.42. The van der Waals surface area contributed by atoms with Gasteiger partial charge in [0.15, 0.2) is 0 Å². The van der Waals surface area contributed by atoms with Crippen molar-refractivity contribution in [3.05, 3.63) is 130 Å². The molecule has 0 aromatic heterocycles. The minimum Gasteiger partial charge on any atom is -0.205 e. The fourth-order valence-electron chi connectivity index (χ4n) is 3.84. The van der Waals surface area contributed by atoms with E-state index in [1.54, 1.807) is 6.07 Å². The van der Waals surface area contributed by atoms with Gasteiger partial charge < -0.3 is 0 Å². The first kappa shape index (κ1) is 22.2. The third-order valence-electron chi connectivity index (χ3n) is 5.76. The number of halogens is 2. The van der Waals surface area contributed by atoms with Crippen LogP contribution in [0, 0.1) is 23.0 Å². The lowest BCUT2D eigenvalue weighted by molar-refractivity contribution is 0.577. The Morgan fingerprint density at radius 3 is 1.85 bits per heavy atom. The van der Waals surface area contributed by atoms with Crippen molar-refractivity contribution in [2.75, 3.05) is 0 Å². The van der Waals surface area contributed by atoms with Crippen LogP contribution in [0.1, 0.15) is 40.7 Å². The maximum absolute atomic E-state index is 13.9. The first-order valence-electron chi connectivity index (χ1n) is 10.8. The molecule has 0 radical (unpaired) electrons. The van der Waals surface area contributed by atoms with Crippen LogP contribution >= 0.6 is 0 Å². The topological polar surface area (TPSA) is 23.8 Å². The minimum atomic E-state index is -0.849. The van der Waals surface area contributed by atoms with E-state index in [2.05, 4.69) is 55.5 Å². The molecule has 1 atom stereocenters. The molecule has 0 saturated carbocycles. The Morgan fingerprint density at radius 1 is 0.758 bits per heavy atom. The number of rotatable bonds is 6. The quantitative estimate of drug-likeness (QED) is 0.281. The van der Waals surface area contributed by atoms with Crippen LogP contribution in [0.5, 0.6) is 0 Å². The molecule has 0 N–H and O–H groups in total. The van der Waals surface area contributed by atoms with E-state index in [0.717, 1.165) is 17.5 Å². The van der Waals surface area contributed by atoms with Gasteiger partial charge in [-0.25, -0.2) is 8.78 Å². The normalized spacial score (nSPS) is 11.9. The Bertz CT molecular complexity index is 1280. The zero-order valence-electron chi connectivity index (χ0n) is 18.3. The number of nitriles is 1. The second-order valence-corrected chi connectivity index (χ2v) is 8.14. The van der Waals surface area contributed by atoms with E-state index in [-0.39, 0.29) is 0 Å². The zero-order valence-corrected chi connectivity index (χ0v) is 18.3. The van der Waals surface area contributed by atoms with Crippen molar-refractivity contribution in [3.63, 3.8) is 0 Å². The average Bonchev–Trinajstić information content (AvgIpc) is 2.84. The van der Waals surface area contributed by atoms with Crippen molar-refractivity contribution >= 4 is 12.2 Å². The Morgan fingerprint density at radius 2 is 1.30 bits per heavy atom. The predicted octanol–water partition coefficient (Wildman–Crippen LogP) is 8.02. The van der Waals surface area contributed by atoms with Crippen molar-refractivity contribution in [2.45, 2.75) is 19.3 Å². The van der Waals surface area contributed by atoms with Gasteiger partial charge in [-0.05, 0) is 57.9 Å². The molecular weight excluding hydrogens is 412 g/mol. The smallest absolute Gasteiger partial charge is 0.144 e. The maximum Gasteiger partial charge on any atom is 0.144 e. The van der Waals surface area contributed by atoms with Crippen LogP contribution < -0.4 is 0 Å². The van der Waals surface area contributed by atoms with Gasteiger partial charge in [-0.2, -0.15) is 5.26 Å². The van der Waals surface area contributed by atoms with Crippen LogP contribution in [0.2, 0.25) is 0 Å². The highest BCUT2D eigenvalue weighted by Gasteiger charge is 2.11. The molecule has 0 fully saturated rings.